The van der Waals surface area contributed by atoms with E-state index >= 15 is 0 Å². The molecule has 1 aliphatic carbocycles. The first-order chi connectivity index (χ1) is 26.1. The van der Waals surface area contributed by atoms with Gasteiger partial charge < -0.3 is 8.83 Å². The Bertz CT molecular complexity index is 3100. The molecule has 250 valence electrons. The van der Waals surface area contributed by atoms with E-state index in [0.717, 1.165) is 60.7 Å². The molecule has 5 nitrogen and oxygen atoms in total. The van der Waals surface area contributed by atoms with Crippen LogP contribution >= 0.6 is 0 Å². The van der Waals surface area contributed by atoms with Gasteiger partial charge in [-0.15, -0.1) is 0 Å². The van der Waals surface area contributed by atoms with Gasteiger partial charge >= 0.3 is 0 Å². The molecular formula is C48H31N3O2. The van der Waals surface area contributed by atoms with E-state index in [2.05, 4.69) is 134 Å². The zero-order valence-corrected chi connectivity index (χ0v) is 28.8. The van der Waals surface area contributed by atoms with E-state index in [1.54, 1.807) is 0 Å². The van der Waals surface area contributed by atoms with Crippen LogP contribution in [0.25, 0.3) is 83.3 Å². The molecule has 7 aromatic carbocycles. The van der Waals surface area contributed by atoms with Crippen molar-refractivity contribution in [3.05, 3.63) is 180 Å². The first-order valence-electron chi connectivity index (χ1n) is 18.0. The van der Waals surface area contributed by atoms with Crippen LogP contribution in [-0.2, 0) is 5.41 Å². The van der Waals surface area contributed by atoms with Crippen molar-refractivity contribution in [2.45, 2.75) is 18.3 Å². The lowest BCUT2D eigenvalue weighted by Crippen LogP contribution is -2.35. The second-order valence-electron chi connectivity index (χ2n) is 14.1. The molecule has 11 rings (SSSR count). The van der Waals surface area contributed by atoms with Crippen LogP contribution in [0.5, 0.6) is 0 Å². The number of rotatable bonds is 4. The molecule has 1 aliphatic rings. The average molecular weight is 682 g/mol. The highest BCUT2D eigenvalue weighted by Gasteiger charge is 2.46. The van der Waals surface area contributed by atoms with Crippen LogP contribution in [0, 0.1) is 0 Å². The van der Waals surface area contributed by atoms with Crippen molar-refractivity contribution in [3.63, 3.8) is 0 Å². The number of furan rings is 2. The second-order valence-corrected chi connectivity index (χ2v) is 14.1. The second kappa shape index (κ2) is 11.3. The third-order valence-electron chi connectivity index (χ3n) is 11.1. The lowest BCUT2D eigenvalue weighted by molar-refractivity contribution is 0.460. The predicted molar refractivity (Wildman–Crippen MR) is 214 cm³/mol. The predicted octanol–water partition coefficient (Wildman–Crippen LogP) is 12.3. The van der Waals surface area contributed by atoms with Gasteiger partial charge in [-0.2, -0.15) is 0 Å². The maximum Gasteiger partial charge on any atom is 0.163 e. The smallest absolute Gasteiger partial charge is 0.163 e. The molecule has 10 aromatic rings. The fraction of sp³-hybridized carbons (Fsp3) is 0.0625. The van der Waals surface area contributed by atoms with Gasteiger partial charge in [-0.05, 0) is 76.5 Å². The number of para-hydroxylation sites is 2. The fourth-order valence-corrected chi connectivity index (χ4v) is 8.49. The minimum absolute atomic E-state index is 0.0800. The van der Waals surface area contributed by atoms with Crippen molar-refractivity contribution in [1.29, 1.82) is 0 Å². The van der Waals surface area contributed by atoms with E-state index in [4.69, 9.17) is 23.8 Å². The normalized spacial score (nSPS) is 17.0. The molecule has 5 heteroatoms. The molecule has 0 radical (unpaired) electrons. The monoisotopic (exact) mass is 681 g/mol. The Morgan fingerprint density at radius 3 is 1.94 bits per heavy atom. The molecule has 2 unspecified atom stereocenters. The molecule has 2 atom stereocenters. The maximum atomic E-state index is 6.52. The van der Waals surface area contributed by atoms with Gasteiger partial charge in [-0.25, -0.2) is 15.0 Å². The molecule has 0 aliphatic heterocycles. The van der Waals surface area contributed by atoms with Crippen molar-refractivity contribution in [3.8, 4) is 22.8 Å². The molecule has 0 saturated heterocycles. The van der Waals surface area contributed by atoms with Crippen molar-refractivity contribution in [2.75, 3.05) is 0 Å². The van der Waals surface area contributed by atoms with Gasteiger partial charge in [0.2, 0.25) is 0 Å². The van der Waals surface area contributed by atoms with Crippen molar-refractivity contribution in [2.24, 2.45) is 0 Å². The number of benzene rings is 7. The Balaban J connectivity index is 1.19. The average Bonchev–Trinajstić information content (AvgIpc) is 3.79. The molecule has 0 saturated carbocycles. The van der Waals surface area contributed by atoms with E-state index in [9.17, 15) is 0 Å². The highest BCUT2D eigenvalue weighted by atomic mass is 16.3. The van der Waals surface area contributed by atoms with Crippen molar-refractivity contribution in [1.82, 2.24) is 15.0 Å². The molecule has 0 bridgehead atoms. The summed E-state index contributed by atoms with van der Waals surface area (Å²) in [6.07, 6.45) is 4.36. The summed E-state index contributed by atoms with van der Waals surface area (Å²) in [5.74, 6) is 2.65. The maximum absolute atomic E-state index is 6.52. The minimum Gasteiger partial charge on any atom is -0.456 e. The number of fused-ring (bicyclic) bond motifs is 9. The quantitative estimate of drug-likeness (QED) is 0.173. The van der Waals surface area contributed by atoms with Crippen molar-refractivity contribution < 1.29 is 8.83 Å². The number of allylic oxidation sites excluding steroid dienone is 1. The van der Waals surface area contributed by atoms with Crippen LogP contribution in [-0.4, -0.2) is 15.0 Å². The number of aromatic nitrogens is 3. The summed E-state index contributed by atoms with van der Waals surface area (Å²) in [5, 5.41) is 7.91. The summed E-state index contributed by atoms with van der Waals surface area (Å²) in [6.45, 7) is 2.26. The largest absolute Gasteiger partial charge is 0.456 e. The van der Waals surface area contributed by atoms with Gasteiger partial charge in [-0.1, -0.05) is 121 Å². The Labute approximate surface area is 304 Å². The van der Waals surface area contributed by atoms with Crippen LogP contribution in [0.3, 0.4) is 0 Å². The highest BCUT2D eigenvalue weighted by molar-refractivity contribution is 6.08. The molecule has 0 fully saturated rings. The summed E-state index contributed by atoms with van der Waals surface area (Å²) in [5.41, 5.74) is 5.88. The van der Waals surface area contributed by atoms with Crippen LogP contribution in [0.15, 0.2) is 167 Å². The fourth-order valence-electron chi connectivity index (χ4n) is 8.49. The molecule has 0 spiro atoms. The zero-order chi connectivity index (χ0) is 35.1. The summed E-state index contributed by atoms with van der Waals surface area (Å²) in [6, 6.07) is 52.7. The highest BCUT2D eigenvalue weighted by Crippen LogP contribution is 2.52. The first-order valence-corrected chi connectivity index (χ1v) is 18.0. The van der Waals surface area contributed by atoms with Crippen LogP contribution in [0.2, 0.25) is 0 Å². The number of hydrogen-bond donors (Lipinski definition) is 0. The summed E-state index contributed by atoms with van der Waals surface area (Å²) >= 11 is 0. The third kappa shape index (κ3) is 4.54. The van der Waals surface area contributed by atoms with Crippen LogP contribution < -0.4 is 0 Å². The van der Waals surface area contributed by atoms with Gasteiger partial charge in [0.25, 0.3) is 0 Å². The summed E-state index contributed by atoms with van der Waals surface area (Å²) < 4.78 is 12.7. The third-order valence-corrected chi connectivity index (χ3v) is 11.1. The molecule has 3 aromatic heterocycles. The van der Waals surface area contributed by atoms with Gasteiger partial charge in [0.15, 0.2) is 11.6 Å². The lowest BCUT2D eigenvalue weighted by Gasteiger charge is -2.38. The van der Waals surface area contributed by atoms with Gasteiger partial charge in [0, 0.05) is 38.8 Å². The zero-order valence-electron chi connectivity index (χ0n) is 28.8. The Kier molecular flexibility index (Phi) is 6.38. The minimum atomic E-state index is -0.718. The van der Waals surface area contributed by atoms with Crippen LogP contribution in [0.1, 0.15) is 35.6 Å². The Morgan fingerprint density at radius 2 is 1.11 bits per heavy atom. The van der Waals surface area contributed by atoms with Gasteiger partial charge in [0.05, 0.1) is 5.41 Å². The molecule has 53 heavy (non-hydrogen) atoms. The topological polar surface area (TPSA) is 65.0 Å². The molecule has 0 N–H and O–H groups in total. The number of nitrogens with zero attached hydrogens (tertiary/aromatic N) is 3. The summed E-state index contributed by atoms with van der Waals surface area (Å²) in [4.78, 5) is 16.1. The van der Waals surface area contributed by atoms with Crippen molar-refractivity contribution >= 4 is 60.5 Å². The van der Waals surface area contributed by atoms with E-state index in [-0.39, 0.29) is 5.92 Å². The molecule has 3 heterocycles. The Morgan fingerprint density at radius 1 is 0.491 bits per heavy atom. The van der Waals surface area contributed by atoms with E-state index in [1.807, 2.05) is 36.4 Å². The standard InChI is InChI=1S/C48H31N3O2/c1-48(39(30-12-3-2-4-13-30)24-26-43-44(48)37-16-8-10-18-41(37)53-43)47-50-45(32-21-23-35-31(27-32)20-19-29-11-5-6-14-34(29)35)49-46(51-47)33-22-25-42-38(28-33)36-15-7-9-17-40(36)52-42/h2-28,39H,1H3. The lowest BCUT2D eigenvalue weighted by atomic mass is 9.65. The van der Waals surface area contributed by atoms with E-state index < -0.39 is 5.41 Å². The SMILES string of the molecule is CC1(c2nc(-c3ccc4c(ccc5ccccc54)c3)nc(-c3ccc4oc5ccccc5c4c3)n2)c2c(oc3ccccc23)C=CC1c1ccccc1. The first kappa shape index (κ1) is 29.8. The van der Waals surface area contributed by atoms with Crippen LogP contribution in [0.4, 0.5) is 0 Å². The Hall–Kier alpha value is -6.85. The molecule has 0 amide bonds. The summed E-state index contributed by atoms with van der Waals surface area (Å²) in [7, 11) is 0. The number of hydrogen-bond acceptors (Lipinski definition) is 5. The van der Waals surface area contributed by atoms with Gasteiger partial charge in [0.1, 0.15) is 28.3 Å². The van der Waals surface area contributed by atoms with E-state index in [0.29, 0.717) is 17.5 Å². The van der Waals surface area contributed by atoms with Gasteiger partial charge in [-0.3, -0.25) is 0 Å². The molecular weight excluding hydrogens is 651 g/mol. The van der Waals surface area contributed by atoms with E-state index in [1.165, 1.54) is 21.7 Å².